The number of aromatic nitrogens is 2. The highest BCUT2D eigenvalue weighted by atomic mass is 127. The van der Waals surface area contributed by atoms with Crippen molar-refractivity contribution in [1.29, 1.82) is 0 Å². The van der Waals surface area contributed by atoms with Crippen LogP contribution in [0.5, 0.6) is 0 Å². The van der Waals surface area contributed by atoms with Crippen molar-refractivity contribution in [3.05, 3.63) is 185 Å². The van der Waals surface area contributed by atoms with Gasteiger partial charge in [-0.1, -0.05) is 174 Å². The van der Waals surface area contributed by atoms with Gasteiger partial charge in [-0.3, -0.25) is 4.99 Å². The van der Waals surface area contributed by atoms with Crippen LogP contribution in [0.2, 0.25) is 0 Å². The number of halogens is 1. The number of nitrogens with zero attached hydrogens (tertiary/aromatic N) is 3. The van der Waals surface area contributed by atoms with E-state index in [1.807, 2.05) is 12.1 Å². The van der Waals surface area contributed by atoms with Crippen molar-refractivity contribution in [2.24, 2.45) is 10.9 Å². The van der Waals surface area contributed by atoms with Crippen molar-refractivity contribution in [2.75, 3.05) is 0 Å². The third-order valence-corrected chi connectivity index (χ3v) is 15.1. The zero-order valence-electron chi connectivity index (χ0n) is 30.0. The van der Waals surface area contributed by atoms with E-state index in [2.05, 4.69) is 153 Å². The minimum atomic E-state index is -0.507. The summed E-state index contributed by atoms with van der Waals surface area (Å²) in [5.41, 5.74) is 12.1. The Hall–Kier alpha value is -5.53. The predicted octanol–water partition coefficient (Wildman–Crippen LogP) is 12.0. The first-order valence-electron chi connectivity index (χ1n) is 18.8. The average molecular weight is 810 g/mol. The molecule has 11 rings (SSSR count). The molecular formula is C49H36IN3O. The van der Waals surface area contributed by atoms with Crippen molar-refractivity contribution in [2.45, 2.75) is 37.6 Å². The first-order valence-corrected chi connectivity index (χ1v) is 20.9. The highest BCUT2D eigenvalue weighted by Gasteiger charge is 2.42. The summed E-state index contributed by atoms with van der Waals surface area (Å²) >= 11 is -0.507. The van der Waals surface area contributed by atoms with E-state index in [0.29, 0.717) is 11.8 Å². The number of hydrogen-bond acceptors (Lipinski definition) is 4. The van der Waals surface area contributed by atoms with Crippen molar-refractivity contribution >= 4 is 66.4 Å². The summed E-state index contributed by atoms with van der Waals surface area (Å²) in [5.74, 6) is 1.44. The molecule has 0 spiro atoms. The topological polar surface area (TPSA) is 51.3 Å². The first kappa shape index (κ1) is 31.9. The van der Waals surface area contributed by atoms with Gasteiger partial charge in [-0.25, -0.2) is 9.97 Å². The fraction of sp³-hybridized carbons (Fsp3) is 0.143. The van der Waals surface area contributed by atoms with Gasteiger partial charge in [0.15, 0.2) is 11.4 Å². The number of benzene rings is 5. The lowest BCUT2D eigenvalue weighted by Gasteiger charge is -2.28. The third-order valence-electron chi connectivity index (χ3n) is 11.7. The van der Waals surface area contributed by atoms with Gasteiger partial charge in [0.1, 0.15) is 16.8 Å². The van der Waals surface area contributed by atoms with Crippen LogP contribution in [0, 0.1) is 5.92 Å². The van der Waals surface area contributed by atoms with Crippen LogP contribution in [0.3, 0.4) is 0 Å². The quantitative estimate of drug-likeness (QED) is 0.166. The molecule has 0 N–H and O–H groups in total. The van der Waals surface area contributed by atoms with E-state index in [0.717, 1.165) is 51.1 Å². The van der Waals surface area contributed by atoms with Crippen LogP contribution in [0.1, 0.15) is 54.3 Å². The molecule has 1 aliphatic heterocycles. The second kappa shape index (κ2) is 12.3. The summed E-state index contributed by atoms with van der Waals surface area (Å²) in [5, 5.41) is 3.56. The van der Waals surface area contributed by atoms with Gasteiger partial charge in [0.25, 0.3) is 0 Å². The lowest BCUT2D eigenvalue weighted by molar-refractivity contribution is 0.613. The van der Waals surface area contributed by atoms with Gasteiger partial charge >= 0.3 is 0 Å². The lowest BCUT2D eigenvalue weighted by atomic mass is 9.77. The number of rotatable bonds is 4. The molecule has 3 aliphatic carbocycles. The minimum absolute atomic E-state index is 0.0500. The number of fused-ring (bicyclic) bond motifs is 8. The Kier molecular flexibility index (Phi) is 7.25. The summed E-state index contributed by atoms with van der Waals surface area (Å²) in [6, 6.07) is 41.6. The summed E-state index contributed by atoms with van der Waals surface area (Å²) in [4.78, 5) is 15.9. The lowest BCUT2D eigenvalue weighted by Crippen LogP contribution is -2.29. The summed E-state index contributed by atoms with van der Waals surface area (Å²) < 4.78 is 9.27. The van der Waals surface area contributed by atoms with Gasteiger partial charge in [0.05, 0.1) is 9.76 Å². The van der Waals surface area contributed by atoms with Crippen LogP contribution in [0.4, 0.5) is 0 Å². The molecule has 0 saturated carbocycles. The molecule has 4 aliphatic rings. The Morgan fingerprint density at radius 1 is 0.741 bits per heavy atom. The van der Waals surface area contributed by atoms with E-state index in [-0.39, 0.29) is 11.5 Å². The van der Waals surface area contributed by atoms with E-state index < -0.39 is 20.7 Å². The predicted molar refractivity (Wildman–Crippen MR) is 232 cm³/mol. The summed E-state index contributed by atoms with van der Waals surface area (Å²) in [7, 11) is 0. The molecule has 7 aromatic rings. The van der Waals surface area contributed by atoms with Crippen molar-refractivity contribution < 1.29 is 4.42 Å². The Morgan fingerprint density at radius 2 is 1.50 bits per heavy atom. The molecule has 2 aromatic heterocycles. The van der Waals surface area contributed by atoms with E-state index in [1.165, 1.54) is 45.8 Å². The molecular weight excluding hydrogens is 773 g/mol. The Labute approximate surface area is 324 Å². The maximum Gasteiger partial charge on any atom is 0.180 e. The molecule has 3 atom stereocenters. The fourth-order valence-corrected chi connectivity index (χ4v) is 12.2. The van der Waals surface area contributed by atoms with Crippen molar-refractivity contribution in [3.8, 4) is 11.3 Å². The molecule has 0 radical (unpaired) electrons. The minimum Gasteiger partial charge on any atom is -0.452 e. The van der Waals surface area contributed by atoms with Gasteiger partial charge in [0.2, 0.25) is 0 Å². The summed E-state index contributed by atoms with van der Waals surface area (Å²) in [6.45, 7) is 4.70. The van der Waals surface area contributed by atoms with Gasteiger partial charge in [-0.05, 0) is 52.1 Å². The van der Waals surface area contributed by atoms with E-state index in [4.69, 9.17) is 19.4 Å². The molecule has 3 unspecified atom stereocenters. The Bertz CT molecular complexity index is 2900. The normalized spacial score (nSPS) is 21.1. The number of para-hydroxylation sites is 1. The third kappa shape index (κ3) is 5.01. The SMILES string of the molecule is CC1(C)C2=CC(c3nc(-c4ccc(C5=NC6C=CC=CC6C(c6ccc7ccccc7c6)=I5)cc4)c4oc5ccccc5c4n3)=CCC2c2ccccc21. The molecule has 0 fully saturated rings. The molecule has 0 bridgehead atoms. The van der Waals surface area contributed by atoms with E-state index in [9.17, 15) is 0 Å². The second-order valence-corrected chi connectivity index (χ2v) is 17.9. The summed E-state index contributed by atoms with van der Waals surface area (Å²) in [6.07, 6.45) is 14.6. The molecule has 5 heteroatoms. The van der Waals surface area contributed by atoms with Crippen molar-refractivity contribution in [3.63, 3.8) is 0 Å². The number of furan rings is 1. The van der Waals surface area contributed by atoms with Crippen LogP contribution >= 0.6 is 20.7 Å². The zero-order valence-corrected chi connectivity index (χ0v) is 32.2. The molecule has 3 heterocycles. The molecule has 0 amide bonds. The number of allylic oxidation sites excluding steroid dienone is 6. The Morgan fingerprint density at radius 3 is 2.41 bits per heavy atom. The molecule has 54 heavy (non-hydrogen) atoms. The van der Waals surface area contributed by atoms with Crippen LogP contribution in [-0.2, 0) is 5.41 Å². The highest BCUT2D eigenvalue weighted by Crippen LogP contribution is 2.54. The van der Waals surface area contributed by atoms with Gasteiger partial charge in [0, 0.05) is 42.8 Å². The molecule has 5 aromatic carbocycles. The Balaban J connectivity index is 1.00. The molecule has 0 saturated heterocycles. The van der Waals surface area contributed by atoms with E-state index >= 15 is 0 Å². The van der Waals surface area contributed by atoms with Crippen molar-refractivity contribution in [1.82, 2.24) is 9.97 Å². The van der Waals surface area contributed by atoms with Crippen LogP contribution in [0.15, 0.2) is 167 Å². The molecule has 260 valence electrons. The van der Waals surface area contributed by atoms with Crippen LogP contribution in [0.25, 0.3) is 49.7 Å². The smallest absolute Gasteiger partial charge is 0.180 e. The first-order chi connectivity index (χ1) is 26.5. The average Bonchev–Trinajstić information content (AvgIpc) is 3.71. The second-order valence-electron chi connectivity index (χ2n) is 15.2. The maximum absolute atomic E-state index is 6.53. The van der Waals surface area contributed by atoms with Gasteiger partial charge in [-0.2, -0.15) is 0 Å². The van der Waals surface area contributed by atoms with E-state index in [1.54, 1.807) is 0 Å². The van der Waals surface area contributed by atoms with Gasteiger partial charge < -0.3 is 4.42 Å². The number of hydrogen-bond donors (Lipinski definition) is 0. The maximum atomic E-state index is 6.53. The monoisotopic (exact) mass is 809 g/mol. The fourth-order valence-electron chi connectivity index (χ4n) is 8.95. The van der Waals surface area contributed by atoms with Gasteiger partial charge in [-0.15, -0.1) is 0 Å². The van der Waals surface area contributed by atoms with Crippen LogP contribution < -0.4 is 0 Å². The molecule has 4 nitrogen and oxygen atoms in total. The highest BCUT2D eigenvalue weighted by molar-refractivity contribution is 14.2. The standard InChI is InChI=1S/C49H36IN3O/c1-49(2)39-16-8-5-13-35(39)36-26-25-34(28-40(36)49)48-52-44(46-45(53-48)38-15-7-10-18-42(38)54-46)30-20-22-31(23-21-30)47-50-43(37-14-6-9-17-41(37)51-47)33-24-19-29-11-3-4-12-32(29)27-33/h3-25,27-28,36-37,41H,26H2,1-2H3. The number of aliphatic imine (C=N–C) groups is 1. The largest absolute Gasteiger partial charge is 0.452 e. The zero-order chi connectivity index (χ0) is 36.0. The van der Waals surface area contributed by atoms with Crippen LogP contribution in [-0.4, -0.2) is 23.2 Å².